The maximum absolute atomic E-state index is 4.51. The monoisotopic (exact) mass is 317 g/mol. The van der Waals surface area contributed by atoms with Crippen LogP contribution in [0.1, 0.15) is 12.5 Å². The first-order valence-electron chi connectivity index (χ1n) is 5.74. The molecule has 0 aliphatic rings. The lowest BCUT2D eigenvalue weighted by molar-refractivity contribution is 0.720. The molecule has 0 atom stereocenters. The summed E-state index contributed by atoms with van der Waals surface area (Å²) in [5.41, 5.74) is 1.24. The number of nitrogens with one attached hydrogen (secondary N) is 1. The number of anilines is 1. The molecular weight excluding hydrogens is 298 g/mol. The van der Waals surface area contributed by atoms with E-state index >= 15 is 0 Å². The van der Waals surface area contributed by atoms with E-state index in [1.165, 1.54) is 5.56 Å². The Morgan fingerprint density at radius 3 is 2.94 bits per heavy atom. The van der Waals surface area contributed by atoms with Gasteiger partial charge >= 0.3 is 0 Å². The molecule has 96 valence electrons. The molecule has 0 aromatic carbocycles. The van der Waals surface area contributed by atoms with Crippen molar-refractivity contribution in [1.82, 2.24) is 10.3 Å². The lowest BCUT2D eigenvalue weighted by Crippen LogP contribution is -2.24. The van der Waals surface area contributed by atoms with Gasteiger partial charge in [0.1, 0.15) is 5.82 Å². The van der Waals surface area contributed by atoms with Crippen LogP contribution in [0.25, 0.3) is 0 Å². The van der Waals surface area contributed by atoms with Gasteiger partial charge in [0.2, 0.25) is 0 Å². The number of aromatic nitrogens is 1. The molecule has 0 saturated heterocycles. The van der Waals surface area contributed by atoms with E-state index in [1.807, 2.05) is 18.0 Å². The van der Waals surface area contributed by atoms with Gasteiger partial charge in [-0.15, -0.1) is 0 Å². The largest absolute Gasteiger partial charge is 0.359 e. The average molecular weight is 318 g/mol. The summed E-state index contributed by atoms with van der Waals surface area (Å²) >= 11 is 5.33. The number of halogens is 1. The summed E-state index contributed by atoms with van der Waals surface area (Å²) < 4.78 is 1.03. The third kappa shape index (κ3) is 4.85. The number of rotatable bonds is 7. The smallest absolute Gasteiger partial charge is 0.132 e. The molecule has 0 aliphatic carbocycles. The van der Waals surface area contributed by atoms with Crippen LogP contribution in [-0.2, 0) is 6.54 Å². The highest BCUT2D eigenvalue weighted by Gasteiger charge is 2.09. The van der Waals surface area contributed by atoms with Crippen LogP contribution >= 0.6 is 27.7 Å². The average Bonchev–Trinajstić information content (AvgIpc) is 2.33. The van der Waals surface area contributed by atoms with Crippen LogP contribution in [0.5, 0.6) is 0 Å². The Hall–Kier alpha value is -0.260. The van der Waals surface area contributed by atoms with Gasteiger partial charge in [-0.1, -0.05) is 6.92 Å². The highest BCUT2D eigenvalue weighted by Crippen LogP contribution is 2.20. The Bertz CT molecular complexity index is 347. The zero-order valence-electron chi connectivity index (χ0n) is 10.7. The van der Waals surface area contributed by atoms with Crippen molar-refractivity contribution in [3.05, 3.63) is 22.3 Å². The Morgan fingerprint density at radius 2 is 2.29 bits per heavy atom. The molecule has 0 fully saturated rings. The second-order valence-corrected chi connectivity index (χ2v) is 5.73. The van der Waals surface area contributed by atoms with Gasteiger partial charge in [-0.05, 0) is 34.8 Å². The van der Waals surface area contributed by atoms with Gasteiger partial charge in [0.15, 0.2) is 0 Å². The minimum Gasteiger partial charge on any atom is -0.359 e. The Labute approximate surface area is 117 Å². The Morgan fingerprint density at radius 1 is 1.53 bits per heavy atom. The molecule has 0 spiro atoms. The van der Waals surface area contributed by atoms with E-state index in [-0.39, 0.29) is 0 Å². The van der Waals surface area contributed by atoms with Crippen molar-refractivity contribution in [3.63, 3.8) is 0 Å². The standard InChI is InChI=1S/C12H20BrN3S/c1-4-14-8-10-7-11(13)9-15-12(10)16(2)5-6-17-3/h7,9,14H,4-6,8H2,1-3H3. The zero-order valence-corrected chi connectivity index (χ0v) is 13.1. The first-order chi connectivity index (χ1) is 8.19. The normalized spacial score (nSPS) is 10.6. The number of hydrogen-bond acceptors (Lipinski definition) is 4. The van der Waals surface area contributed by atoms with Gasteiger partial charge < -0.3 is 10.2 Å². The van der Waals surface area contributed by atoms with E-state index in [0.717, 1.165) is 35.7 Å². The second kappa shape index (κ2) is 7.95. The fourth-order valence-corrected chi connectivity index (χ4v) is 2.38. The third-order valence-corrected chi connectivity index (χ3v) is 3.49. The van der Waals surface area contributed by atoms with E-state index in [4.69, 9.17) is 0 Å². The maximum Gasteiger partial charge on any atom is 0.132 e. The summed E-state index contributed by atoms with van der Waals surface area (Å²) in [4.78, 5) is 6.73. The van der Waals surface area contributed by atoms with E-state index in [1.54, 1.807) is 0 Å². The summed E-state index contributed by atoms with van der Waals surface area (Å²) in [6.07, 6.45) is 3.99. The van der Waals surface area contributed by atoms with Crippen LogP contribution in [0.15, 0.2) is 16.7 Å². The molecule has 1 aromatic heterocycles. The summed E-state index contributed by atoms with van der Waals surface area (Å²) in [5.74, 6) is 2.19. The minimum atomic E-state index is 0.863. The van der Waals surface area contributed by atoms with Gasteiger partial charge in [-0.25, -0.2) is 4.98 Å². The fraction of sp³-hybridized carbons (Fsp3) is 0.583. The molecule has 3 nitrogen and oxygen atoms in total. The molecule has 0 bridgehead atoms. The number of hydrogen-bond donors (Lipinski definition) is 1. The summed E-state index contributed by atoms with van der Waals surface area (Å²) in [6, 6.07) is 2.14. The lowest BCUT2D eigenvalue weighted by Gasteiger charge is -2.21. The van der Waals surface area contributed by atoms with E-state index in [9.17, 15) is 0 Å². The molecule has 1 heterocycles. The molecule has 1 aromatic rings. The zero-order chi connectivity index (χ0) is 12.7. The molecule has 0 unspecified atom stereocenters. The molecule has 5 heteroatoms. The van der Waals surface area contributed by atoms with E-state index in [0.29, 0.717) is 0 Å². The second-order valence-electron chi connectivity index (χ2n) is 3.83. The van der Waals surface area contributed by atoms with Crippen molar-refractivity contribution in [2.24, 2.45) is 0 Å². The molecule has 0 amide bonds. The summed E-state index contributed by atoms with van der Waals surface area (Å²) in [5, 5.41) is 3.35. The molecular formula is C12H20BrN3S. The number of thioether (sulfide) groups is 1. The molecule has 1 rings (SSSR count). The van der Waals surface area contributed by atoms with Crippen molar-refractivity contribution in [2.45, 2.75) is 13.5 Å². The molecule has 0 aliphatic heterocycles. The van der Waals surface area contributed by atoms with Crippen LogP contribution in [-0.4, -0.2) is 37.1 Å². The van der Waals surface area contributed by atoms with Gasteiger partial charge in [0, 0.05) is 42.1 Å². The number of pyridine rings is 1. The van der Waals surface area contributed by atoms with Gasteiger partial charge in [0.05, 0.1) is 0 Å². The van der Waals surface area contributed by atoms with Crippen LogP contribution < -0.4 is 10.2 Å². The fourth-order valence-electron chi connectivity index (χ4n) is 1.54. The van der Waals surface area contributed by atoms with Crippen LogP contribution in [0.4, 0.5) is 5.82 Å². The lowest BCUT2D eigenvalue weighted by atomic mass is 10.2. The van der Waals surface area contributed by atoms with Gasteiger partial charge in [-0.3, -0.25) is 0 Å². The van der Waals surface area contributed by atoms with Crippen molar-refractivity contribution < 1.29 is 0 Å². The molecule has 0 radical (unpaired) electrons. The highest BCUT2D eigenvalue weighted by molar-refractivity contribution is 9.10. The van der Waals surface area contributed by atoms with Crippen LogP contribution in [0.2, 0.25) is 0 Å². The van der Waals surface area contributed by atoms with Gasteiger partial charge in [0.25, 0.3) is 0 Å². The Balaban J connectivity index is 2.80. The predicted molar refractivity (Wildman–Crippen MR) is 81.0 cm³/mol. The first kappa shape index (κ1) is 14.8. The molecule has 1 N–H and O–H groups in total. The predicted octanol–water partition coefficient (Wildman–Crippen LogP) is 2.75. The Kier molecular flexibility index (Phi) is 6.92. The van der Waals surface area contributed by atoms with Gasteiger partial charge in [-0.2, -0.15) is 11.8 Å². The first-order valence-corrected chi connectivity index (χ1v) is 7.93. The van der Waals surface area contributed by atoms with E-state index in [2.05, 4.69) is 57.4 Å². The van der Waals surface area contributed by atoms with Crippen molar-refractivity contribution in [2.75, 3.05) is 37.0 Å². The number of nitrogens with zero attached hydrogens (tertiary/aromatic N) is 2. The third-order valence-electron chi connectivity index (χ3n) is 2.47. The summed E-state index contributed by atoms with van der Waals surface area (Å²) in [6.45, 7) is 4.97. The van der Waals surface area contributed by atoms with Crippen LogP contribution in [0, 0.1) is 0 Å². The SMILES string of the molecule is CCNCc1cc(Br)cnc1N(C)CCSC. The topological polar surface area (TPSA) is 28.2 Å². The maximum atomic E-state index is 4.51. The van der Waals surface area contributed by atoms with E-state index < -0.39 is 0 Å². The van der Waals surface area contributed by atoms with Crippen molar-refractivity contribution in [1.29, 1.82) is 0 Å². The molecule has 0 saturated carbocycles. The van der Waals surface area contributed by atoms with Crippen molar-refractivity contribution in [3.8, 4) is 0 Å². The van der Waals surface area contributed by atoms with Crippen LogP contribution in [0.3, 0.4) is 0 Å². The summed E-state index contributed by atoms with van der Waals surface area (Å²) in [7, 11) is 2.10. The van der Waals surface area contributed by atoms with Crippen molar-refractivity contribution >= 4 is 33.5 Å². The minimum absolute atomic E-state index is 0.863. The quantitative estimate of drug-likeness (QED) is 0.837. The molecule has 17 heavy (non-hydrogen) atoms. The highest BCUT2D eigenvalue weighted by atomic mass is 79.9.